The Morgan fingerprint density at radius 3 is 2.56 bits per heavy atom. The van der Waals surface area contributed by atoms with E-state index in [1.54, 1.807) is 6.07 Å². The lowest BCUT2D eigenvalue weighted by Crippen LogP contribution is -1.77. The Balaban J connectivity index is 3.17. The van der Waals surface area contributed by atoms with Crippen molar-refractivity contribution in [2.24, 2.45) is 0 Å². The van der Waals surface area contributed by atoms with Gasteiger partial charge in [-0.05, 0) is 30.7 Å². The number of aryl methyl sites for hydroxylation is 1. The lowest BCUT2D eigenvalue weighted by atomic mass is 10.2. The predicted molar refractivity (Wildman–Crippen MR) is 38.4 cm³/mol. The first-order valence-electron chi connectivity index (χ1n) is 2.65. The Morgan fingerprint density at radius 1 is 1.44 bits per heavy atom. The molecular weight excluding hydrogens is 135 g/mol. The highest BCUT2D eigenvalue weighted by atomic mass is 32.1. The fraction of sp³-hybridized carbons (Fsp3) is 0.143. The monoisotopic (exact) mass is 142 g/mol. The molecule has 0 N–H and O–H groups in total. The van der Waals surface area contributed by atoms with Gasteiger partial charge in [0.1, 0.15) is 5.82 Å². The van der Waals surface area contributed by atoms with Crippen LogP contribution in [0.2, 0.25) is 0 Å². The summed E-state index contributed by atoms with van der Waals surface area (Å²) in [6, 6.07) is 4.51. The van der Waals surface area contributed by atoms with Crippen LogP contribution in [0, 0.1) is 12.7 Å². The predicted octanol–water partition coefficient (Wildman–Crippen LogP) is 2.42. The molecule has 0 heterocycles. The first-order valence-corrected chi connectivity index (χ1v) is 3.10. The van der Waals surface area contributed by atoms with E-state index < -0.39 is 0 Å². The minimum atomic E-state index is -0.203. The zero-order valence-electron chi connectivity index (χ0n) is 5.06. The molecule has 0 aliphatic heterocycles. The lowest BCUT2D eigenvalue weighted by molar-refractivity contribution is 0.625. The van der Waals surface area contributed by atoms with E-state index in [0.717, 1.165) is 10.5 Å². The summed E-state index contributed by atoms with van der Waals surface area (Å²) in [7, 11) is 0. The topological polar surface area (TPSA) is 0 Å². The highest BCUT2D eigenvalue weighted by Crippen LogP contribution is 2.12. The quantitative estimate of drug-likeness (QED) is 0.528. The highest BCUT2D eigenvalue weighted by Gasteiger charge is 1.92. The summed E-state index contributed by atoms with van der Waals surface area (Å²) in [6.45, 7) is 1.82. The molecule has 1 aromatic rings. The summed E-state index contributed by atoms with van der Waals surface area (Å²) in [5.41, 5.74) is 0.873. The highest BCUT2D eigenvalue weighted by molar-refractivity contribution is 7.80. The number of thiol groups is 1. The summed E-state index contributed by atoms with van der Waals surface area (Å²) < 4.78 is 12.3. The van der Waals surface area contributed by atoms with E-state index in [4.69, 9.17) is 0 Å². The van der Waals surface area contributed by atoms with Gasteiger partial charge >= 0.3 is 0 Å². The molecule has 0 unspecified atom stereocenters. The summed E-state index contributed by atoms with van der Waals surface area (Å²) in [5.74, 6) is -0.203. The van der Waals surface area contributed by atoms with E-state index in [1.165, 1.54) is 12.1 Å². The van der Waals surface area contributed by atoms with Gasteiger partial charge in [0.2, 0.25) is 0 Å². The Kier molecular flexibility index (Phi) is 1.76. The van der Waals surface area contributed by atoms with Crippen LogP contribution in [0.5, 0.6) is 0 Å². The molecule has 9 heavy (non-hydrogen) atoms. The van der Waals surface area contributed by atoms with Crippen molar-refractivity contribution in [3.8, 4) is 0 Å². The Labute approximate surface area is 59.1 Å². The van der Waals surface area contributed by atoms with Gasteiger partial charge in [0.25, 0.3) is 0 Å². The van der Waals surface area contributed by atoms with Gasteiger partial charge in [0.05, 0.1) is 0 Å². The van der Waals surface area contributed by atoms with E-state index in [0.29, 0.717) is 0 Å². The van der Waals surface area contributed by atoms with Gasteiger partial charge in [-0.15, -0.1) is 12.6 Å². The van der Waals surface area contributed by atoms with Crippen LogP contribution in [-0.4, -0.2) is 0 Å². The Bertz CT molecular complexity index is 220. The molecule has 0 fully saturated rings. The number of hydrogen-bond acceptors (Lipinski definition) is 1. The molecule has 0 nitrogen and oxygen atoms in total. The van der Waals surface area contributed by atoms with Gasteiger partial charge in [0, 0.05) is 4.90 Å². The maximum absolute atomic E-state index is 12.3. The number of rotatable bonds is 0. The maximum Gasteiger partial charge on any atom is 0.123 e. The van der Waals surface area contributed by atoms with Crippen LogP contribution in [-0.2, 0) is 0 Å². The summed E-state index contributed by atoms with van der Waals surface area (Å²) in [5, 5.41) is 0. The molecule has 0 saturated heterocycles. The second-order valence-electron chi connectivity index (χ2n) is 1.93. The van der Waals surface area contributed by atoms with Crippen LogP contribution in [0.1, 0.15) is 5.56 Å². The normalized spacial score (nSPS) is 9.67. The third-order valence-electron chi connectivity index (χ3n) is 1.16. The van der Waals surface area contributed by atoms with Crippen LogP contribution < -0.4 is 0 Å². The van der Waals surface area contributed by atoms with Crippen molar-refractivity contribution >= 4 is 12.6 Å². The molecule has 48 valence electrons. The average molecular weight is 142 g/mol. The standard InChI is InChI=1S/C7H7FS/c1-5-4-6(8)2-3-7(5)9/h2-4,9H,1H3. The zero-order chi connectivity index (χ0) is 6.85. The first-order chi connectivity index (χ1) is 4.20. The molecule has 0 atom stereocenters. The molecule has 0 aromatic heterocycles. The van der Waals surface area contributed by atoms with Gasteiger partial charge in [0.15, 0.2) is 0 Å². The van der Waals surface area contributed by atoms with E-state index in [2.05, 4.69) is 12.6 Å². The number of benzene rings is 1. The lowest BCUT2D eigenvalue weighted by Gasteiger charge is -1.95. The van der Waals surface area contributed by atoms with Gasteiger partial charge in [-0.2, -0.15) is 0 Å². The second kappa shape index (κ2) is 2.40. The fourth-order valence-electron chi connectivity index (χ4n) is 0.619. The van der Waals surface area contributed by atoms with Crippen LogP contribution >= 0.6 is 12.6 Å². The van der Waals surface area contributed by atoms with Gasteiger partial charge in [-0.25, -0.2) is 4.39 Å². The Hall–Kier alpha value is -0.500. The third kappa shape index (κ3) is 1.45. The molecule has 0 radical (unpaired) electrons. The molecule has 0 amide bonds. The molecule has 0 aliphatic carbocycles. The van der Waals surface area contributed by atoms with Crippen molar-refractivity contribution in [2.45, 2.75) is 11.8 Å². The van der Waals surface area contributed by atoms with Crippen molar-refractivity contribution in [2.75, 3.05) is 0 Å². The summed E-state index contributed by atoms with van der Waals surface area (Å²) >= 11 is 4.08. The average Bonchev–Trinajstić information content (AvgIpc) is 1.80. The fourth-order valence-corrected chi connectivity index (χ4v) is 0.758. The molecule has 1 rings (SSSR count). The number of hydrogen-bond donors (Lipinski definition) is 1. The van der Waals surface area contributed by atoms with E-state index in [-0.39, 0.29) is 5.82 Å². The molecule has 2 heteroatoms. The minimum Gasteiger partial charge on any atom is -0.207 e. The molecule has 0 aliphatic rings. The van der Waals surface area contributed by atoms with Crippen molar-refractivity contribution in [1.82, 2.24) is 0 Å². The van der Waals surface area contributed by atoms with Crippen molar-refractivity contribution in [3.05, 3.63) is 29.6 Å². The van der Waals surface area contributed by atoms with Gasteiger partial charge < -0.3 is 0 Å². The van der Waals surface area contributed by atoms with Gasteiger partial charge in [-0.3, -0.25) is 0 Å². The van der Waals surface area contributed by atoms with Crippen molar-refractivity contribution < 1.29 is 4.39 Å². The van der Waals surface area contributed by atoms with Crippen molar-refractivity contribution in [3.63, 3.8) is 0 Å². The smallest absolute Gasteiger partial charge is 0.123 e. The van der Waals surface area contributed by atoms with Crippen LogP contribution in [0.3, 0.4) is 0 Å². The Morgan fingerprint density at radius 2 is 2.11 bits per heavy atom. The number of halogens is 1. The van der Waals surface area contributed by atoms with E-state index in [1.807, 2.05) is 6.92 Å². The van der Waals surface area contributed by atoms with Crippen molar-refractivity contribution in [1.29, 1.82) is 0 Å². The molecule has 0 spiro atoms. The maximum atomic E-state index is 12.3. The summed E-state index contributed by atoms with van der Waals surface area (Å²) in [4.78, 5) is 0.830. The largest absolute Gasteiger partial charge is 0.207 e. The first kappa shape index (κ1) is 6.62. The summed E-state index contributed by atoms with van der Waals surface area (Å²) in [6.07, 6.45) is 0. The molecule has 1 aromatic carbocycles. The zero-order valence-corrected chi connectivity index (χ0v) is 5.95. The van der Waals surface area contributed by atoms with E-state index in [9.17, 15) is 4.39 Å². The molecule has 0 bridgehead atoms. The van der Waals surface area contributed by atoms with E-state index >= 15 is 0 Å². The van der Waals surface area contributed by atoms with Crippen LogP contribution in [0.25, 0.3) is 0 Å². The third-order valence-corrected chi connectivity index (χ3v) is 1.66. The molecular formula is C7H7FS. The SMILES string of the molecule is Cc1cc(F)ccc1S. The minimum absolute atomic E-state index is 0.203. The second-order valence-corrected chi connectivity index (χ2v) is 2.41. The van der Waals surface area contributed by atoms with Crippen LogP contribution in [0.15, 0.2) is 23.1 Å². The van der Waals surface area contributed by atoms with Crippen LogP contribution in [0.4, 0.5) is 4.39 Å². The van der Waals surface area contributed by atoms with Gasteiger partial charge in [-0.1, -0.05) is 0 Å². The molecule has 0 saturated carbocycles.